The molecule has 0 saturated carbocycles. The van der Waals surface area contributed by atoms with Crippen LogP contribution in [-0.2, 0) is 0 Å². The highest BCUT2D eigenvalue weighted by molar-refractivity contribution is 8.76. The molecule has 0 fully saturated rings. The highest BCUT2D eigenvalue weighted by atomic mass is 33.1. The second-order valence-electron chi connectivity index (χ2n) is 5.77. The van der Waals surface area contributed by atoms with Crippen molar-refractivity contribution in [3.63, 3.8) is 0 Å². The van der Waals surface area contributed by atoms with Gasteiger partial charge in [-0.3, -0.25) is 0 Å². The van der Waals surface area contributed by atoms with Crippen molar-refractivity contribution in [2.75, 3.05) is 5.75 Å². The summed E-state index contributed by atoms with van der Waals surface area (Å²) < 4.78 is 25.8. The Labute approximate surface area is 139 Å². The molecule has 128 valence electrons. The van der Waals surface area contributed by atoms with Gasteiger partial charge in [-0.25, -0.2) is 8.78 Å². The molecule has 0 rings (SSSR count). The minimum absolute atomic E-state index is 0.0717. The summed E-state index contributed by atoms with van der Waals surface area (Å²) in [5, 5.41) is 0.133. The van der Waals surface area contributed by atoms with E-state index in [0.717, 1.165) is 18.6 Å². The second kappa shape index (κ2) is 15.5. The standard InChI is InChI=1S/C17H34F2S2/c1-4-7-9-11-13-15(12-10-8-5-2)16(14-17(18)19)21-20-6-3/h15-17H,4-14H2,1-3H3/t15?,16-/m1/s1. The molecule has 0 aromatic carbocycles. The van der Waals surface area contributed by atoms with Crippen LogP contribution in [0.15, 0.2) is 0 Å². The van der Waals surface area contributed by atoms with Crippen LogP contribution in [0.3, 0.4) is 0 Å². The molecule has 0 spiro atoms. The molecule has 0 heterocycles. The van der Waals surface area contributed by atoms with Crippen molar-refractivity contribution in [1.29, 1.82) is 0 Å². The maximum Gasteiger partial charge on any atom is 0.239 e. The Hall–Kier alpha value is 0.560. The van der Waals surface area contributed by atoms with Gasteiger partial charge in [0.15, 0.2) is 0 Å². The van der Waals surface area contributed by atoms with Crippen LogP contribution in [-0.4, -0.2) is 17.4 Å². The van der Waals surface area contributed by atoms with E-state index in [-0.39, 0.29) is 11.7 Å². The van der Waals surface area contributed by atoms with Crippen LogP contribution in [0.4, 0.5) is 8.78 Å². The van der Waals surface area contributed by atoms with E-state index in [1.54, 1.807) is 21.6 Å². The Morgan fingerprint density at radius 1 is 0.810 bits per heavy atom. The summed E-state index contributed by atoms with van der Waals surface area (Å²) in [6.07, 6.45) is 8.80. The first-order valence-corrected chi connectivity index (χ1v) is 11.1. The van der Waals surface area contributed by atoms with Crippen LogP contribution in [0.5, 0.6) is 0 Å². The molecule has 4 heteroatoms. The van der Waals surface area contributed by atoms with Crippen molar-refractivity contribution in [3.05, 3.63) is 0 Å². The highest BCUT2D eigenvalue weighted by Gasteiger charge is 2.25. The maximum absolute atomic E-state index is 12.9. The van der Waals surface area contributed by atoms with E-state index in [4.69, 9.17) is 0 Å². The fraction of sp³-hybridized carbons (Fsp3) is 1.00. The van der Waals surface area contributed by atoms with Gasteiger partial charge in [-0.15, -0.1) is 0 Å². The lowest BCUT2D eigenvalue weighted by Crippen LogP contribution is -2.20. The lowest BCUT2D eigenvalue weighted by atomic mass is 9.90. The average molecular weight is 341 g/mol. The lowest BCUT2D eigenvalue weighted by Gasteiger charge is -2.26. The molecule has 0 aromatic rings. The Morgan fingerprint density at radius 2 is 1.38 bits per heavy atom. The van der Waals surface area contributed by atoms with E-state index in [0.29, 0.717) is 5.92 Å². The Bertz CT molecular complexity index is 213. The zero-order valence-corrected chi connectivity index (χ0v) is 15.7. The van der Waals surface area contributed by atoms with Crippen LogP contribution in [0.1, 0.15) is 85.0 Å². The van der Waals surface area contributed by atoms with E-state index in [1.165, 1.54) is 44.9 Å². The lowest BCUT2D eigenvalue weighted by molar-refractivity contribution is 0.128. The summed E-state index contributed by atoms with van der Waals surface area (Å²) in [5.41, 5.74) is 0. The fourth-order valence-corrected chi connectivity index (χ4v) is 5.25. The second-order valence-corrected chi connectivity index (χ2v) is 8.67. The molecule has 0 aliphatic rings. The monoisotopic (exact) mass is 340 g/mol. The van der Waals surface area contributed by atoms with E-state index >= 15 is 0 Å². The molecule has 0 aliphatic heterocycles. The SMILES string of the molecule is CCCCCCC(CCCCC)[C@@H](CC(F)F)SSCC. The smallest absolute Gasteiger partial charge is 0.210 e. The number of halogens is 2. The summed E-state index contributed by atoms with van der Waals surface area (Å²) in [6, 6.07) is 0. The van der Waals surface area contributed by atoms with Gasteiger partial charge in [0.1, 0.15) is 0 Å². The van der Waals surface area contributed by atoms with Crippen molar-refractivity contribution in [2.45, 2.75) is 96.7 Å². The van der Waals surface area contributed by atoms with Gasteiger partial charge in [0.25, 0.3) is 0 Å². The fourth-order valence-electron chi connectivity index (χ4n) is 2.65. The van der Waals surface area contributed by atoms with Crippen molar-refractivity contribution in [3.8, 4) is 0 Å². The molecular weight excluding hydrogens is 306 g/mol. The number of hydrogen-bond donors (Lipinski definition) is 0. The Balaban J connectivity index is 4.41. The number of rotatable bonds is 15. The molecule has 21 heavy (non-hydrogen) atoms. The van der Waals surface area contributed by atoms with Crippen molar-refractivity contribution in [2.24, 2.45) is 5.92 Å². The average Bonchev–Trinajstić information content (AvgIpc) is 2.46. The third kappa shape index (κ3) is 12.8. The first-order valence-electron chi connectivity index (χ1n) is 8.72. The summed E-state index contributed by atoms with van der Waals surface area (Å²) in [7, 11) is 3.47. The van der Waals surface area contributed by atoms with Crippen molar-refractivity contribution < 1.29 is 8.78 Å². The van der Waals surface area contributed by atoms with Crippen LogP contribution in [0.2, 0.25) is 0 Å². The minimum atomic E-state index is -2.16. The molecule has 0 N–H and O–H groups in total. The molecule has 0 nitrogen and oxygen atoms in total. The van der Waals surface area contributed by atoms with Gasteiger partial charge >= 0.3 is 0 Å². The third-order valence-corrected chi connectivity index (χ3v) is 6.91. The number of unbranched alkanes of at least 4 members (excludes halogenated alkanes) is 5. The topological polar surface area (TPSA) is 0 Å². The van der Waals surface area contributed by atoms with Crippen LogP contribution < -0.4 is 0 Å². The Morgan fingerprint density at radius 3 is 1.90 bits per heavy atom. The predicted octanol–water partition coefficient (Wildman–Crippen LogP) is 7.58. The van der Waals surface area contributed by atoms with E-state index in [9.17, 15) is 8.78 Å². The van der Waals surface area contributed by atoms with Crippen molar-refractivity contribution >= 4 is 21.6 Å². The van der Waals surface area contributed by atoms with Gasteiger partial charge in [0.2, 0.25) is 6.43 Å². The molecule has 2 atom stereocenters. The molecule has 0 radical (unpaired) electrons. The minimum Gasteiger partial charge on any atom is -0.210 e. The quantitative estimate of drug-likeness (QED) is 0.222. The van der Waals surface area contributed by atoms with Gasteiger partial charge < -0.3 is 0 Å². The molecule has 0 aromatic heterocycles. The van der Waals surface area contributed by atoms with E-state index in [1.807, 2.05) is 0 Å². The summed E-state index contributed by atoms with van der Waals surface area (Å²) in [5.74, 6) is 1.48. The van der Waals surface area contributed by atoms with Crippen LogP contribution in [0.25, 0.3) is 0 Å². The predicted molar refractivity (Wildman–Crippen MR) is 96.5 cm³/mol. The molecule has 0 amide bonds. The van der Waals surface area contributed by atoms with Gasteiger partial charge in [0.05, 0.1) is 0 Å². The zero-order valence-electron chi connectivity index (χ0n) is 14.1. The summed E-state index contributed by atoms with van der Waals surface area (Å²) in [4.78, 5) is 0. The molecular formula is C17H34F2S2. The Kier molecular flexibility index (Phi) is 15.9. The van der Waals surface area contributed by atoms with Gasteiger partial charge in [-0.2, -0.15) is 0 Å². The van der Waals surface area contributed by atoms with Gasteiger partial charge in [-0.05, 0) is 18.8 Å². The number of hydrogen-bond acceptors (Lipinski definition) is 2. The van der Waals surface area contributed by atoms with Crippen LogP contribution >= 0.6 is 21.6 Å². The molecule has 0 bridgehead atoms. The highest BCUT2D eigenvalue weighted by Crippen LogP contribution is 2.39. The van der Waals surface area contributed by atoms with Crippen molar-refractivity contribution in [1.82, 2.24) is 0 Å². The largest absolute Gasteiger partial charge is 0.239 e. The first-order chi connectivity index (χ1) is 10.2. The van der Waals surface area contributed by atoms with Crippen LogP contribution in [0, 0.1) is 5.92 Å². The number of alkyl halides is 2. The zero-order chi connectivity index (χ0) is 15.9. The van der Waals surface area contributed by atoms with Gasteiger partial charge in [-0.1, -0.05) is 87.3 Å². The molecule has 0 saturated heterocycles. The third-order valence-electron chi connectivity index (χ3n) is 3.85. The summed E-state index contributed by atoms with van der Waals surface area (Å²) in [6.45, 7) is 6.52. The summed E-state index contributed by atoms with van der Waals surface area (Å²) >= 11 is 0. The molecule has 1 unspecified atom stereocenters. The van der Waals surface area contributed by atoms with E-state index in [2.05, 4.69) is 20.8 Å². The van der Waals surface area contributed by atoms with E-state index < -0.39 is 6.43 Å². The maximum atomic E-state index is 12.9. The first kappa shape index (κ1) is 21.6. The van der Waals surface area contributed by atoms with Gasteiger partial charge in [0, 0.05) is 17.4 Å². The normalized spacial score (nSPS) is 14.6. The molecule has 0 aliphatic carbocycles.